The Hall–Kier alpha value is -2.58. The third-order valence-electron chi connectivity index (χ3n) is 4.85. The Bertz CT molecular complexity index is 998. The van der Waals surface area contributed by atoms with Crippen LogP contribution in [0.3, 0.4) is 0 Å². The van der Waals surface area contributed by atoms with Crippen molar-refractivity contribution in [3.8, 4) is 11.5 Å². The van der Waals surface area contributed by atoms with Gasteiger partial charge in [0, 0.05) is 18.7 Å². The molecule has 2 aromatic carbocycles. The van der Waals surface area contributed by atoms with E-state index in [1.54, 1.807) is 30.3 Å². The Kier molecular flexibility index (Phi) is 6.99. The van der Waals surface area contributed by atoms with Crippen LogP contribution in [0.15, 0.2) is 47.4 Å². The van der Waals surface area contributed by atoms with Crippen LogP contribution in [-0.2, 0) is 10.0 Å². The summed E-state index contributed by atoms with van der Waals surface area (Å²) in [6.07, 6.45) is 2.61. The fourth-order valence-corrected chi connectivity index (χ4v) is 4.88. The molecule has 3 rings (SSSR count). The maximum absolute atomic E-state index is 13.1. The van der Waals surface area contributed by atoms with E-state index in [1.165, 1.54) is 23.5 Å². The topological polar surface area (TPSA) is 84.9 Å². The SMILES string of the molecule is COc1cccc(C(=O)Nc2cc(S(=O)(=O)N3CCCCC3)ccc2OC(C)C)c1. The Morgan fingerprint density at radius 2 is 1.80 bits per heavy atom. The Morgan fingerprint density at radius 1 is 1.07 bits per heavy atom. The van der Waals surface area contributed by atoms with Gasteiger partial charge < -0.3 is 14.8 Å². The largest absolute Gasteiger partial charge is 0.497 e. The Morgan fingerprint density at radius 3 is 2.47 bits per heavy atom. The first-order chi connectivity index (χ1) is 14.3. The predicted octanol–water partition coefficient (Wildman–Crippen LogP) is 3.91. The fourth-order valence-electron chi connectivity index (χ4n) is 3.34. The number of rotatable bonds is 7. The van der Waals surface area contributed by atoms with E-state index in [4.69, 9.17) is 9.47 Å². The van der Waals surface area contributed by atoms with Gasteiger partial charge in [-0.15, -0.1) is 0 Å². The van der Waals surface area contributed by atoms with Crippen molar-refractivity contribution in [3.63, 3.8) is 0 Å². The van der Waals surface area contributed by atoms with Crippen molar-refractivity contribution < 1.29 is 22.7 Å². The molecule has 0 saturated carbocycles. The van der Waals surface area contributed by atoms with Crippen LogP contribution < -0.4 is 14.8 Å². The van der Waals surface area contributed by atoms with E-state index in [9.17, 15) is 13.2 Å². The molecule has 1 amide bonds. The highest BCUT2D eigenvalue weighted by atomic mass is 32.2. The molecule has 0 aliphatic carbocycles. The molecular formula is C22H28N2O5S. The highest BCUT2D eigenvalue weighted by molar-refractivity contribution is 7.89. The number of ether oxygens (including phenoxy) is 2. The molecule has 0 atom stereocenters. The van der Waals surface area contributed by atoms with Gasteiger partial charge in [-0.3, -0.25) is 4.79 Å². The van der Waals surface area contributed by atoms with Gasteiger partial charge in [0.05, 0.1) is 23.8 Å². The number of nitrogens with one attached hydrogen (secondary N) is 1. The lowest BCUT2D eigenvalue weighted by molar-refractivity contribution is 0.102. The zero-order valence-electron chi connectivity index (χ0n) is 17.6. The van der Waals surface area contributed by atoms with E-state index >= 15 is 0 Å². The zero-order chi connectivity index (χ0) is 21.7. The number of hydrogen-bond donors (Lipinski definition) is 1. The van der Waals surface area contributed by atoms with Crippen LogP contribution in [0.4, 0.5) is 5.69 Å². The smallest absolute Gasteiger partial charge is 0.255 e. The van der Waals surface area contributed by atoms with Gasteiger partial charge in [-0.2, -0.15) is 4.31 Å². The van der Waals surface area contributed by atoms with Gasteiger partial charge in [0.25, 0.3) is 5.91 Å². The third-order valence-corrected chi connectivity index (χ3v) is 6.74. The van der Waals surface area contributed by atoms with Gasteiger partial charge in [-0.1, -0.05) is 12.5 Å². The molecule has 0 radical (unpaired) electrons. The van der Waals surface area contributed by atoms with Crippen LogP contribution in [0.2, 0.25) is 0 Å². The number of carbonyl (C=O) groups is 1. The highest BCUT2D eigenvalue weighted by Crippen LogP contribution is 2.31. The summed E-state index contributed by atoms with van der Waals surface area (Å²) in [5.74, 6) is 0.594. The van der Waals surface area contributed by atoms with Crippen molar-refractivity contribution in [2.45, 2.75) is 44.1 Å². The molecule has 8 heteroatoms. The summed E-state index contributed by atoms with van der Waals surface area (Å²) >= 11 is 0. The Labute approximate surface area is 178 Å². The lowest BCUT2D eigenvalue weighted by atomic mass is 10.2. The molecule has 1 heterocycles. The molecule has 1 fully saturated rings. The van der Waals surface area contributed by atoms with E-state index in [2.05, 4.69) is 5.32 Å². The number of carbonyl (C=O) groups excluding carboxylic acids is 1. The first kappa shape index (κ1) is 22.1. The highest BCUT2D eigenvalue weighted by Gasteiger charge is 2.27. The number of piperidine rings is 1. The summed E-state index contributed by atoms with van der Waals surface area (Å²) < 4.78 is 38.6. The number of hydrogen-bond acceptors (Lipinski definition) is 5. The molecular weight excluding hydrogens is 404 g/mol. The molecule has 1 N–H and O–H groups in total. The summed E-state index contributed by atoms with van der Waals surface area (Å²) in [5, 5.41) is 2.80. The number of nitrogens with zero attached hydrogens (tertiary/aromatic N) is 1. The maximum Gasteiger partial charge on any atom is 0.255 e. The minimum absolute atomic E-state index is 0.137. The fraction of sp³-hybridized carbons (Fsp3) is 0.409. The predicted molar refractivity (Wildman–Crippen MR) is 116 cm³/mol. The molecule has 1 aliphatic rings. The molecule has 30 heavy (non-hydrogen) atoms. The van der Waals surface area contributed by atoms with Crippen LogP contribution in [-0.4, -0.2) is 44.9 Å². The zero-order valence-corrected chi connectivity index (χ0v) is 18.4. The molecule has 0 spiro atoms. The maximum atomic E-state index is 13.1. The Balaban J connectivity index is 1.93. The molecule has 0 bridgehead atoms. The normalized spacial score (nSPS) is 15.1. The molecule has 2 aromatic rings. The van der Waals surface area contributed by atoms with Gasteiger partial charge >= 0.3 is 0 Å². The second-order valence-corrected chi connectivity index (χ2v) is 9.41. The summed E-state index contributed by atoms with van der Waals surface area (Å²) in [7, 11) is -2.11. The van der Waals surface area contributed by atoms with Gasteiger partial charge in [0.1, 0.15) is 11.5 Å². The van der Waals surface area contributed by atoms with E-state index in [1.807, 2.05) is 13.8 Å². The molecule has 7 nitrogen and oxygen atoms in total. The average molecular weight is 433 g/mol. The molecule has 0 unspecified atom stereocenters. The summed E-state index contributed by atoms with van der Waals surface area (Å²) in [6.45, 7) is 4.76. The first-order valence-electron chi connectivity index (χ1n) is 10.1. The molecule has 1 saturated heterocycles. The number of sulfonamides is 1. The molecule has 1 aliphatic heterocycles. The van der Waals surface area contributed by atoms with Crippen LogP contribution in [0.25, 0.3) is 0 Å². The van der Waals surface area contributed by atoms with Gasteiger partial charge in [0.15, 0.2) is 0 Å². The monoisotopic (exact) mass is 432 g/mol. The van der Waals surface area contributed by atoms with E-state index in [0.29, 0.717) is 35.8 Å². The van der Waals surface area contributed by atoms with Crippen LogP contribution in [0.1, 0.15) is 43.5 Å². The van der Waals surface area contributed by atoms with Crippen LogP contribution in [0, 0.1) is 0 Å². The van der Waals surface area contributed by atoms with Gasteiger partial charge in [-0.25, -0.2) is 8.42 Å². The number of anilines is 1. The van der Waals surface area contributed by atoms with E-state index in [0.717, 1.165) is 19.3 Å². The standard InChI is InChI=1S/C22H28N2O5S/c1-16(2)29-21-11-10-19(30(26,27)24-12-5-4-6-13-24)15-20(21)23-22(25)17-8-7-9-18(14-17)28-3/h7-11,14-16H,4-6,12-13H2,1-3H3,(H,23,25). The van der Waals surface area contributed by atoms with Gasteiger partial charge in [-0.05, 0) is 63.1 Å². The summed E-state index contributed by atoms with van der Waals surface area (Å²) in [6, 6.07) is 11.3. The van der Waals surface area contributed by atoms with E-state index < -0.39 is 10.0 Å². The van der Waals surface area contributed by atoms with Crippen molar-refractivity contribution >= 4 is 21.6 Å². The van der Waals surface area contributed by atoms with Gasteiger partial charge in [0.2, 0.25) is 10.0 Å². The van der Waals surface area contributed by atoms with Crippen LogP contribution >= 0.6 is 0 Å². The lowest BCUT2D eigenvalue weighted by Crippen LogP contribution is -2.35. The second kappa shape index (κ2) is 9.49. The summed E-state index contributed by atoms with van der Waals surface area (Å²) in [4.78, 5) is 12.9. The van der Waals surface area contributed by atoms with Crippen molar-refractivity contribution in [1.82, 2.24) is 4.31 Å². The quantitative estimate of drug-likeness (QED) is 0.717. The number of amides is 1. The molecule has 162 valence electrons. The van der Waals surface area contributed by atoms with Crippen molar-refractivity contribution in [2.24, 2.45) is 0 Å². The van der Waals surface area contributed by atoms with Crippen molar-refractivity contribution in [3.05, 3.63) is 48.0 Å². The number of methoxy groups -OCH3 is 1. The summed E-state index contributed by atoms with van der Waals surface area (Å²) in [5.41, 5.74) is 0.712. The first-order valence-corrected chi connectivity index (χ1v) is 11.5. The van der Waals surface area contributed by atoms with E-state index in [-0.39, 0.29) is 16.9 Å². The average Bonchev–Trinajstić information content (AvgIpc) is 2.75. The number of benzene rings is 2. The second-order valence-electron chi connectivity index (χ2n) is 7.48. The lowest BCUT2D eigenvalue weighted by Gasteiger charge is -2.26. The molecule has 0 aromatic heterocycles. The van der Waals surface area contributed by atoms with Crippen molar-refractivity contribution in [2.75, 3.05) is 25.5 Å². The van der Waals surface area contributed by atoms with Crippen molar-refractivity contribution in [1.29, 1.82) is 0 Å². The third kappa shape index (κ3) is 5.12. The van der Waals surface area contributed by atoms with Crippen LogP contribution in [0.5, 0.6) is 11.5 Å². The minimum atomic E-state index is -3.63. The minimum Gasteiger partial charge on any atom is -0.497 e.